The lowest BCUT2D eigenvalue weighted by Gasteiger charge is -2.29. The van der Waals surface area contributed by atoms with E-state index in [9.17, 15) is 4.79 Å². The molecule has 4 heteroatoms. The van der Waals surface area contributed by atoms with Crippen LogP contribution in [0, 0.1) is 0 Å². The molecule has 0 aliphatic carbocycles. The maximum Gasteiger partial charge on any atom is 0.323 e. The van der Waals surface area contributed by atoms with Crippen LogP contribution in [-0.2, 0) is 9.53 Å². The van der Waals surface area contributed by atoms with E-state index in [0.717, 1.165) is 11.3 Å². The molecule has 0 saturated heterocycles. The summed E-state index contributed by atoms with van der Waals surface area (Å²) in [6, 6.07) is 7.70. The van der Waals surface area contributed by atoms with Crippen LogP contribution in [0.15, 0.2) is 24.3 Å². The molecule has 0 aliphatic rings. The predicted molar refractivity (Wildman–Crippen MR) is 75.3 cm³/mol. The van der Waals surface area contributed by atoms with Crippen molar-refractivity contribution in [3.63, 3.8) is 0 Å². The highest BCUT2D eigenvalue weighted by molar-refractivity contribution is 5.75. The van der Waals surface area contributed by atoms with Crippen LogP contribution in [-0.4, -0.2) is 37.7 Å². The van der Waals surface area contributed by atoms with E-state index in [4.69, 9.17) is 9.47 Å². The lowest BCUT2D eigenvalue weighted by molar-refractivity contribution is -0.149. The molecule has 2 unspecified atom stereocenters. The van der Waals surface area contributed by atoms with Crippen LogP contribution in [0.2, 0.25) is 0 Å². The molecule has 0 fully saturated rings. The monoisotopic (exact) mass is 265 g/mol. The Bertz CT molecular complexity index is 420. The molecule has 0 saturated carbocycles. The average molecular weight is 265 g/mol. The number of ether oxygens (including phenoxy) is 2. The van der Waals surface area contributed by atoms with Gasteiger partial charge in [0.2, 0.25) is 0 Å². The van der Waals surface area contributed by atoms with Crippen LogP contribution >= 0.6 is 0 Å². The predicted octanol–water partition coefficient (Wildman–Crippen LogP) is 2.64. The maximum atomic E-state index is 11.8. The maximum absolute atomic E-state index is 11.8. The number of esters is 1. The van der Waals surface area contributed by atoms with Crippen molar-refractivity contribution < 1.29 is 14.3 Å². The average Bonchev–Trinajstić information content (AvgIpc) is 2.45. The molecular weight excluding hydrogens is 242 g/mol. The molecule has 0 radical (unpaired) electrons. The van der Waals surface area contributed by atoms with Crippen molar-refractivity contribution in [2.45, 2.75) is 32.9 Å². The van der Waals surface area contributed by atoms with Crippen LogP contribution in [0.5, 0.6) is 5.75 Å². The third kappa shape index (κ3) is 3.96. The third-order valence-corrected chi connectivity index (χ3v) is 3.43. The molecule has 1 rings (SSSR count). The molecule has 106 valence electrons. The van der Waals surface area contributed by atoms with Crippen molar-refractivity contribution in [1.82, 2.24) is 4.90 Å². The molecule has 0 N–H and O–H groups in total. The van der Waals surface area contributed by atoms with Gasteiger partial charge in [0.05, 0.1) is 13.7 Å². The fraction of sp³-hybridized carbons (Fsp3) is 0.533. The lowest BCUT2D eigenvalue weighted by atomic mass is 10.1. The SMILES string of the molecule is CCOC(=O)C(C)N(C)C(C)c1cccc(OC)c1. The van der Waals surface area contributed by atoms with E-state index in [2.05, 4.69) is 6.92 Å². The van der Waals surface area contributed by atoms with E-state index < -0.39 is 0 Å². The summed E-state index contributed by atoms with van der Waals surface area (Å²) in [5.74, 6) is 0.626. The van der Waals surface area contributed by atoms with Gasteiger partial charge in [-0.3, -0.25) is 9.69 Å². The van der Waals surface area contributed by atoms with Gasteiger partial charge in [0.15, 0.2) is 0 Å². The molecule has 0 spiro atoms. The summed E-state index contributed by atoms with van der Waals surface area (Å²) in [6.45, 7) is 6.14. The minimum absolute atomic E-state index is 0.106. The van der Waals surface area contributed by atoms with Crippen LogP contribution in [0.4, 0.5) is 0 Å². The Kier molecular flexibility index (Phi) is 5.83. The molecule has 0 heterocycles. The first-order valence-corrected chi connectivity index (χ1v) is 6.53. The fourth-order valence-electron chi connectivity index (χ4n) is 1.90. The Labute approximate surface area is 115 Å². The van der Waals surface area contributed by atoms with Gasteiger partial charge in [-0.05, 0) is 45.5 Å². The van der Waals surface area contributed by atoms with Crippen molar-refractivity contribution in [3.8, 4) is 5.75 Å². The molecule has 0 aliphatic heterocycles. The van der Waals surface area contributed by atoms with Crippen LogP contribution in [0.3, 0.4) is 0 Å². The van der Waals surface area contributed by atoms with Gasteiger partial charge in [0.25, 0.3) is 0 Å². The molecule has 4 nitrogen and oxygen atoms in total. The van der Waals surface area contributed by atoms with Crippen LogP contribution in [0.25, 0.3) is 0 Å². The second-order valence-corrected chi connectivity index (χ2v) is 4.55. The van der Waals surface area contributed by atoms with Gasteiger partial charge >= 0.3 is 5.97 Å². The zero-order valence-corrected chi connectivity index (χ0v) is 12.3. The molecule has 0 amide bonds. The Morgan fingerprint density at radius 2 is 2.05 bits per heavy atom. The number of hydrogen-bond acceptors (Lipinski definition) is 4. The van der Waals surface area contributed by atoms with Crippen molar-refractivity contribution in [3.05, 3.63) is 29.8 Å². The van der Waals surface area contributed by atoms with Gasteiger partial charge in [-0.1, -0.05) is 12.1 Å². The first kappa shape index (κ1) is 15.5. The van der Waals surface area contributed by atoms with Crippen molar-refractivity contribution >= 4 is 5.97 Å². The van der Waals surface area contributed by atoms with Gasteiger partial charge < -0.3 is 9.47 Å². The summed E-state index contributed by atoms with van der Waals surface area (Å²) in [5.41, 5.74) is 1.11. The van der Waals surface area contributed by atoms with E-state index in [1.165, 1.54) is 0 Å². The van der Waals surface area contributed by atoms with E-state index in [1.54, 1.807) is 7.11 Å². The van der Waals surface area contributed by atoms with Crippen molar-refractivity contribution in [2.75, 3.05) is 20.8 Å². The number of nitrogens with zero attached hydrogens (tertiary/aromatic N) is 1. The highest BCUT2D eigenvalue weighted by Gasteiger charge is 2.24. The molecule has 2 atom stereocenters. The van der Waals surface area contributed by atoms with Gasteiger partial charge in [0.1, 0.15) is 11.8 Å². The molecular formula is C15H23NO3. The first-order valence-electron chi connectivity index (χ1n) is 6.53. The molecule has 19 heavy (non-hydrogen) atoms. The van der Waals surface area contributed by atoms with Gasteiger partial charge in [-0.15, -0.1) is 0 Å². The summed E-state index contributed by atoms with van der Waals surface area (Å²) in [7, 11) is 3.57. The van der Waals surface area contributed by atoms with Gasteiger partial charge in [0, 0.05) is 6.04 Å². The quantitative estimate of drug-likeness (QED) is 0.741. The summed E-state index contributed by atoms with van der Waals surface area (Å²) in [6.07, 6.45) is 0. The Hall–Kier alpha value is -1.55. The number of benzene rings is 1. The minimum atomic E-state index is -0.277. The fourth-order valence-corrected chi connectivity index (χ4v) is 1.90. The van der Waals surface area contributed by atoms with Crippen LogP contribution in [0.1, 0.15) is 32.4 Å². The van der Waals surface area contributed by atoms with Gasteiger partial charge in [-0.2, -0.15) is 0 Å². The third-order valence-electron chi connectivity index (χ3n) is 3.43. The second kappa shape index (κ2) is 7.14. The zero-order chi connectivity index (χ0) is 14.4. The first-order chi connectivity index (χ1) is 9.01. The zero-order valence-electron chi connectivity index (χ0n) is 12.3. The Balaban J connectivity index is 2.80. The topological polar surface area (TPSA) is 38.8 Å². The summed E-state index contributed by atoms with van der Waals surface area (Å²) < 4.78 is 10.3. The number of hydrogen-bond donors (Lipinski definition) is 0. The van der Waals surface area contributed by atoms with E-state index in [-0.39, 0.29) is 18.1 Å². The number of likely N-dealkylation sites (N-methyl/N-ethyl adjacent to an activating group) is 1. The van der Waals surface area contributed by atoms with E-state index >= 15 is 0 Å². The molecule has 0 aromatic heterocycles. The standard InChI is InChI=1S/C15H23NO3/c1-6-19-15(17)12(3)16(4)11(2)13-8-7-9-14(10-13)18-5/h7-12H,6H2,1-5H3. The normalized spacial score (nSPS) is 14.0. The minimum Gasteiger partial charge on any atom is -0.497 e. The highest BCUT2D eigenvalue weighted by Crippen LogP contribution is 2.24. The number of carbonyl (C=O) groups is 1. The Morgan fingerprint density at radius 1 is 1.37 bits per heavy atom. The number of rotatable bonds is 6. The molecule has 1 aromatic rings. The molecule has 1 aromatic carbocycles. The summed E-state index contributed by atoms with van der Waals surface area (Å²) >= 11 is 0. The van der Waals surface area contributed by atoms with E-state index in [0.29, 0.717) is 6.61 Å². The number of carbonyl (C=O) groups excluding carboxylic acids is 1. The second-order valence-electron chi connectivity index (χ2n) is 4.55. The summed E-state index contributed by atoms with van der Waals surface area (Å²) in [5, 5.41) is 0. The Morgan fingerprint density at radius 3 is 2.63 bits per heavy atom. The summed E-state index contributed by atoms with van der Waals surface area (Å²) in [4.78, 5) is 13.7. The van der Waals surface area contributed by atoms with Gasteiger partial charge in [-0.25, -0.2) is 0 Å². The van der Waals surface area contributed by atoms with Crippen molar-refractivity contribution in [1.29, 1.82) is 0 Å². The lowest BCUT2D eigenvalue weighted by Crippen LogP contribution is -2.38. The van der Waals surface area contributed by atoms with Crippen molar-refractivity contribution in [2.24, 2.45) is 0 Å². The largest absolute Gasteiger partial charge is 0.497 e. The highest BCUT2D eigenvalue weighted by atomic mass is 16.5. The molecule has 0 bridgehead atoms. The van der Waals surface area contributed by atoms with Crippen LogP contribution < -0.4 is 4.74 Å². The van der Waals surface area contributed by atoms with E-state index in [1.807, 2.05) is 50.1 Å². The smallest absolute Gasteiger partial charge is 0.323 e. The number of methoxy groups -OCH3 is 1.